The molecule has 0 saturated heterocycles. The lowest BCUT2D eigenvalue weighted by Gasteiger charge is -2.37. The topological polar surface area (TPSA) is 49.4 Å². The van der Waals surface area contributed by atoms with Crippen molar-refractivity contribution in [2.45, 2.75) is 77.3 Å². The van der Waals surface area contributed by atoms with Crippen LogP contribution in [0.15, 0.2) is 24.3 Å². The predicted molar refractivity (Wildman–Crippen MR) is 100 cm³/mol. The number of nitrogens with zero attached hydrogens (tertiary/aromatic N) is 1. The fourth-order valence-corrected chi connectivity index (χ4v) is 4.06. The van der Waals surface area contributed by atoms with Crippen LogP contribution in [0.1, 0.15) is 64.4 Å². The highest BCUT2D eigenvalue weighted by atomic mass is 16.2. The highest BCUT2D eigenvalue weighted by Crippen LogP contribution is 2.36. The molecule has 4 nitrogen and oxygen atoms in total. The summed E-state index contributed by atoms with van der Waals surface area (Å²) < 4.78 is 0. The maximum absolute atomic E-state index is 13.0. The van der Waals surface area contributed by atoms with Gasteiger partial charge in [0, 0.05) is 24.7 Å². The molecule has 1 N–H and O–H groups in total. The molecule has 2 amide bonds. The van der Waals surface area contributed by atoms with Crippen molar-refractivity contribution in [1.82, 2.24) is 4.90 Å². The van der Waals surface area contributed by atoms with Crippen LogP contribution in [0.4, 0.5) is 5.69 Å². The summed E-state index contributed by atoms with van der Waals surface area (Å²) in [6.07, 6.45) is 8.94. The zero-order chi connectivity index (χ0) is 17.8. The minimum absolute atomic E-state index is 0.0774. The first-order chi connectivity index (χ1) is 12.1. The van der Waals surface area contributed by atoms with Crippen LogP contribution >= 0.6 is 0 Å². The van der Waals surface area contributed by atoms with Gasteiger partial charge in [-0.3, -0.25) is 9.59 Å². The average Bonchev–Trinajstić information content (AvgIpc) is 3.42. The molecule has 2 aliphatic rings. The number of benzene rings is 1. The Morgan fingerprint density at radius 3 is 2.04 bits per heavy atom. The van der Waals surface area contributed by atoms with Crippen molar-refractivity contribution in [3.05, 3.63) is 29.8 Å². The van der Waals surface area contributed by atoms with E-state index in [-0.39, 0.29) is 11.8 Å². The van der Waals surface area contributed by atoms with Gasteiger partial charge in [0.25, 0.3) is 0 Å². The smallest absolute Gasteiger partial charge is 0.227 e. The number of rotatable bonds is 6. The zero-order valence-electron chi connectivity index (χ0n) is 15.5. The summed E-state index contributed by atoms with van der Waals surface area (Å²) in [5.41, 5.74) is 1.80. The molecule has 0 unspecified atom stereocenters. The molecule has 4 heteroatoms. The fraction of sp³-hybridized carbons (Fsp3) is 0.619. The van der Waals surface area contributed by atoms with Gasteiger partial charge in [-0.25, -0.2) is 0 Å². The number of hydrogen-bond donors (Lipinski definition) is 1. The Bertz CT molecular complexity index is 599. The van der Waals surface area contributed by atoms with Crippen molar-refractivity contribution in [3.63, 3.8) is 0 Å². The van der Waals surface area contributed by atoms with Crippen molar-refractivity contribution in [2.75, 3.05) is 5.32 Å². The minimum atomic E-state index is -0.0774. The number of anilines is 1. The Kier molecular flexibility index (Phi) is 5.77. The van der Waals surface area contributed by atoms with E-state index < -0.39 is 0 Å². The molecule has 0 aliphatic heterocycles. The van der Waals surface area contributed by atoms with Gasteiger partial charge in [-0.2, -0.15) is 0 Å². The first-order valence-corrected chi connectivity index (χ1v) is 9.74. The van der Waals surface area contributed by atoms with Crippen molar-refractivity contribution < 1.29 is 9.59 Å². The summed E-state index contributed by atoms with van der Waals surface area (Å²) in [5.74, 6) is 1.05. The molecule has 0 radical (unpaired) electrons. The van der Waals surface area contributed by atoms with Crippen molar-refractivity contribution in [3.8, 4) is 0 Å². The van der Waals surface area contributed by atoms with Gasteiger partial charge >= 0.3 is 0 Å². The van der Waals surface area contributed by atoms with Gasteiger partial charge in [-0.1, -0.05) is 25.5 Å². The second-order valence-corrected chi connectivity index (χ2v) is 7.67. The summed E-state index contributed by atoms with van der Waals surface area (Å²) in [5, 5.41) is 2.76. The lowest BCUT2D eigenvalue weighted by molar-refractivity contribution is -0.134. The molecule has 1 aromatic rings. The number of hydrogen-bond acceptors (Lipinski definition) is 2. The van der Waals surface area contributed by atoms with E-state index >= 15 is 0 Å². The van der Waals surface area contributed by atoms with Crippen LogP contribution in [-0.4, -0.2) is 28.8 Å². The van der Waals surface area contributed by atoms with Crippen LogP contribution in [0.25, 0.3) is 0 Å². The third-order valence-corrected chi connectivity index (χ3v) is 5.64. The molecule has 0 spiro atoms. The van der Waals surface area contributed by atoms with Gasteiger partial charge in [0.1, 0.15) is 0 Å². The summed E-state index contributed by atoms with van der Waals surface area (Å²) in [6.45, 7) is 3.78. The highest BCUT2D eigenvalue weighted by Gasteiger charge is 2.38. The molecule has 0 aromatic heterocycles. The lowest BCUT2D eigenvalue weighted by Crippen LogP contribution is -2.44. The molecule has 0 atom stereocenters. The van der Waals surface area contributed by atoms with Crippen LogP contribution in [0.2, 0.25) is 0 Å². The van der Waals surface area contributed by atoms with E-state index in [9.17, 15) is 9.59 Å². The third kappa shape index (κ3) is 4.83. The summed E-state index contributed by atoms with van der Waals surface area (Å²) >= 11 is 0. The zero-order valence-corrected chi connectivity index (χ0v) is 15.5. The van der Waals surface area contributed by atoms with E-state index in [4.69, 9.17) is 0 Å². The van der Waals surface area contributed by atoms with Crippen LogP contribution < -0.4 is 5.32 Å². The average molecular weight is 342 g/mol. The standard InChI is InChI=1S/C21H30N2O2/c1-3-16-6-10-19(11-7-16)23(20-12-13-20)21(25)14-17-4-8-18(9-5-17)22-15(2)24/h4-5,8-9,16,19-20H,3,6-7,10-14H2,1-2H3,(H,22,24). The molecular formula is C21H30N2O2. The molecule has 1 aromatic carbocycles. The van der Waals surface area contributed by atoms with Gasteiger partial charge in [0.2, 0.25) is 11.8 Å². The molecule has 2 aliphatic carbocycles. The minimum Gasteiger partial charge on any atom is -0.336 e. The van der Waals surface area contributed by atoms with E-state index in [1.54, 1.807) is 0 Å². The maximum atomic E-state index is 13.0. The second-order valence-electron chi connectivity index (χ2n) is 7.67. The van der Waals surface area contributed by atoms with Gasteiger partial charge in [0.05, 0.1) is 6.42 Å². The Morgan fingerprint density at radius 2 is 1.56 bits per heavy atom. The molecule has 25 heavy (non-hydrogen) atoms. The van der Waals surface area contributed by atoms with Gasteiger partial charge in [0.15, 0.2) is 0 Å². The van der Waals surface area contributed by atoms with E-state index in [1.165, 1.54) is 51.9 Å². The number of carbonyl (C=O) groups is 2. The Labute approximate surface area is 151 Å². The molecule has 0 bridgehead atoms. The predicted octanol–water partition coefficient (Wildman–Crippen LogP) is 4.15. The molecule has 2 fully saturated rings. The van der Waals surface area contributed by atoms with Crippen molar-refractivity contribution in [2.24, 2.45) is 5.92 Å². The van der Waals surface area contributed by atoms with E-state index in [1.807, 2.05) is 24.3 Å². The first kappa shape index (κ1) is 18.0. The first-order valence-electron chi connectivity index (χ1n) is 9.74. The lowest BCUT2D eigenvalue weighted by atomic mass is 9.83. The molecular weight excluding hydrogens is 312 g/mol. The molecule has 136 valence electrons. The normalized spacial score (nSPS) is 23.1. The monoisotopic (exact) mass is 342 g/mol. The SMILES string of the molecule is CCC1CCC(N(C(=O)Cc2ccc(NC(C)=O)cc2)C2CC2)CC1. The Hall–Kier alpha value is -1.84. The summed E-state index contributed by atoms with van der Waals surface area (Å²) in [7, 11) is 0. The fourth-order valence-electron chi connectivity index (χ4n) is 4.06. The largest absolute Gasteiger partial charge is 0.336 e. The second kappa shape index (κ2) is 8.03. The van der Waals surface area contributed by atoms with E-state index in [0.717, 1.165) is 17.2 Å². The maximum Gasteiger partial charge on any atom is 0.227 e. The van der Waals surface area contributed by atoms with E-state index in [0.29, 0.717) is 18.5 Å². The van der Waals surface area contributed by atoms with E-state index in [2.05, 4.69) is 17.1 Å². The van der Waals surface area contributed by atoms with Gasteiger partial charge in [-0.05, 0) is 62.1 Å². The van der Waals surface area contributed by atoms with Gasteiger partial charge < -0.3 is 10.2 Å². The van der Waals surface area contributed by atoms with Gasteiger partial charge in [-0.15, -0.1) is 0 Å². The highest BCUT2D eigenvalue weighted by molar-refractivity contribution is 5.88. The number of nitrogens with one attached hydrogen (secondary N) is 1. The third-order valence-electron chi connectivity index (χ3n) is 5.64. The Morgan fingerprint density at radius 1 is 1.00 bits per heavy atom. The van der Waals surface area contributed by atoms with Crippen LogP contribution in [0.3, 0.4) is 0 Å². The molecule has 3 rings (SSSR count). The number of carbonyl (C=O) groups excluding carboxylic acids is 2. The van der Waals surface area contributed by atoms with Crippen LogP contribution in [-0.2, 0) is 16.0 Å². The summed E-state index contributed by atoms with van der Waals surface area (Å²) in [4.78, 5) is 26.3. The van der Waals surface area contributed by atoms with Crippen LogP contribution in [0.5, 0.6) is 0 Å². The van der Waals surface area contributed by atoms with Crippen LogP contribution in [0, 0.1) is 5.92 Å². The quantitative estimate of drug-likeness (QED) is 0.844. The summed E-state index contributed by atoms with van der Waals surface area (Å²) in [6, 6.07) is 8.57. The number of amides is 2. The van der Waals surface area contributed by atoms with Crippen molar-refractivity contribution in [1.29, 1.82) is 0 Å². The molecule has 2 saturated carbocycles. The molecule has 0 heterocycles. The Balaban J connectivity index is 1.60. The van der Waals surface area contributed by atoms with Crippen molar-refractivity contribution >= 4 is 17.5 Å².